The predicted octanol–water partition coefficient (Wildman–Crippen LogP) is 1.84. The number of carbonyl (C=O) groups excluding carboxylic acids is 2. The zero-order valence-corrected chi connectivity index (χ0v) is 11.6. The molecule has 19 heavy (non-hydrogen) atoms. The van der Waals surface area contributed by atoms with Crippen molar-refractivity contribution in [3.63, 3.8) is 0 Å². The minimum atomic E-state index is 0.0306. The van der Waals surface area contributed by atoms with Crippen molar-refractivity contribution in [2.75, 3.05) is 13.1 Å². The topological polar surface area (TPSA) is 49.4 Å². The number of nitrogens with one attached hydrogen (secondary N) is 1. The molecule has 2 aliphatic heterocycles. The van der Waals surface area contributed by atoms with Crippen LogP contribution in [0.1, 0.15) is 57.8 Å². The van der Waals surface area contributed by atoms with Crippen LogP contribution in [0.4, 0.5) is 0 Å². The van der Waals surface area contributed by atoms with Gasteiger partial charge in [0.1, 0.15) is 0 Å². The number of likely N-dealkylation sites (tertiary alicyclic amines) is 1. The molecule has 0 bridgehead atoms. The third-order valence-electron chi connectivity index (χ3n) is 5.14. The first-order valence-corrected chi connectivity index (χ1v) is 7.76. The van der Waals surface area contributed by atoms with Gasteiger partial charge in [-0.25, -0.2) is 0 Å². The van der Waals surface area contributed by atoms with Crippen molar-refractivity contribution in [3.8, 4) is 0 Å². The van der Waals surface area contributed by atoms with Crippen molar-refractivity contribution in [3.05, 3.63) is 0 Å². The van der Waals surface area contributed by atoms with Gasteiger partial charge in [-0.1, -0.05) is 19.3 Å². The van der Waals surface area contributed by atoms with Crippen molar-refractivity contribution in [1.82, 2.24) is 10.2 Å². The highest BCUT2D eigenvalue weighted by atomic mass is 16.2. The van der Waals surface area contributed by atoms with Gasteiger partial charge in [0.25, 0.3) is 0 Å². The first-order chi connectivity index (χ1) is 9.20. The van der Waals surface area contributed by atoms with Gasteiger partial charge in [0, 0.05) is 19.4 Å². The van der Waals surface area contributed by atoms with Crippen LogP contribution in [-0.2, 0) is 9.59 Å². The lowest BCUT2D eigenvalue weighted by atomic mass is 9.76. The second-order valence-corrected chi connectivity index (χ2v) is 6.57. The van der Waals surface area contributed by atoms with Gasteiger partial charge in [0.05, 0.1) is 6.04 Å². The number of carbonyl (C=O) groups is 2. The molecular formula is C15H24N2O2. The molecule has 106 valence electrons. The summed E-state index contributed by atoms with van der Waals surface area (Å²) >= 11 is 0. The molecule has 1 unspecified atom stereocenters. The lowest BCUT2D eigenvalue weighted by Crippen LogP contribution is -2.54. The van der Waals surface area contributed by atoms with Crippen LogP contribution in [0, 0.1) is 5.41 Å². The van der Waals surface area contributed by atoms with E-state index in [0.29, 0.717) is 12.8 Å². The average molecular weight is 264 g/mol. The molecule has 2 amide bonds. The average Bonchev–Trinajstić information content (AvgIpc) is 2.63. The third kappa shape index (κ3) is 2.55. The molecule has 4 heteroatoms. The Hall–Kier alpha value is -0.900. The number of piperidine rings is 1. The minimum Gasteiger partial charge on any atom is -0.315 e. The summed E-state index contributed by atoms with van der Waals surface area (Å²) in [5.41, 5.74) is 0.0306. The van der Waals surface area contributed by atoms with Gasteiger partial charge >= 0.3 is 0 Å². The second kappa shape index (κ2) is 5.23. The zero-order chi connectivity index (χ0) is 13.3. The molecule has 0 aromatic rings. The molecule has 1 aliphatic carbocycles. The van der Waals surface area contributed by atoms with Crippen LogP contribution in [0.15, 0.2) is 0 Å². The largest absolute Gasteiger partial charge is 0.315 e. The summed E-state index contributed by atoms with van der Waals surface area (Å²) in [4.78, 5) is 26.5. The second-order valence-electron chi connectivity index (χ2n) is 6.57. The summed E-state index contributed by atoms with van der Waals surface area (Å²) in [7, 11) is 0. The Bertz CT molecular complexity index is 346. The van der Waals surface area contributed by atoms with Crippen molar-refractivity contribution in [1.29, 1.82) is 0 Å². The fraction of sp³-hybridized carbons (Fsp3) is 0.867. The Balaban J connectivity index is 1.72. The Kier molecular flexibility index (Phi) is 3.61. The molecule has 3 rings (SSSR count). The van der Waals surface area contributed by atoms with Crippen LogP contribution in [0.25, 0.3) is 0 Å². The van der Waals surface area contributed by atoms with Gasteiger partial charge in [0.2, 0.25) is 11.8 Å². The van der Waals surface area contributed by atoms with E-state index in [4.69, 9.17) is 0 Å². The molecule has 0 aromatic heterocycles. The van der Waals surface area contributed by atoms with E-state index in [-0.39, 0.29) is 23.3 Å². The standard InChI is InChI=1S/C15H24N2O2/c18-13-9-15(6-2-3-7-15)10-14(19)17(13)12-5-1-4-8-16-11-12/h12,16H,1-11H2. The lowest BCUT2D eigenvalue weighted by Gasteiger charge is -2.40. The third-order valence-corrected chi connectivity index (χ3v) is 5.14. The first-order valence-electron chi connectivity index (χ1n) is 7.76. The van der Waals surface area contributed by atoms with Gasteiger partial charge in [-0.2, -0.15) is 0 Å². The highest BCUT2D eigenvalue weighted by Gasteiger charge is 2.46. The van der Waals surface area contributed by atoms with E-state index in [2.05, 4.69) is 5.32 Å². The van der Waals surface area contributed by atoms with Crippen molar-refractivity contribution >= 4 is 11.8 Å². The van der Waals surface area contributed by atoms with Crippen LogP contribution in [-0.4, -0.2) is 35.8 Å². The SMILES string of the molecule is O=C1CC2(CCCC2)CC(=O)N1C1CCCCNC1. The molecule has 3 aliphatic rings. The number of hydrogen-bond acceptors (Lipinski definition) is 3. The molecule has 1 saturated carbocycles. The van der Waals surface area contributed by atoms with Crippen molar-refractivity contribution in [2.45, 2.75) is 63.8 Å². The van der Waals surface area contributed by atoms with E-state index in [1.807, 2.05) is 0 Å². The van der Waals surface area contributed by atoms with E-state index in [0.717, 1.165) is 45.2 Å². The number of amides is 2. The summed E-state index contributed by atoms with van der Waals surface area (Å²) in [6.45, 7) is 1.79. The molecule has 0 aromatic carbocycles. The number of nitrogens with zero attached hydrogens (tertiary/aromatic N) is 1. The Labute approximate surface area is 114 Å². The van der Waals surface area contributed by atoms with Crippen LogP contribution in [0.5, 0.6) is 0 Å². The molecule has 2 heterocycles. The van der Waals surface area contributed by atoms with Gasteiger partial charge in [-0.3, -0.25) is 14.5 Å². The zero-order valence-electron chi connectivity index (χ0n) is 11.6. The highest BCUT2D eigenvalue weighted by Crippen LogP contribution is 2.47. The highest BCUT2D eigenvalue weighted by molar-refractivity contribution is 5.99. The molecule has 0 radical (unpaired) electrons. The summed E-state index contributed by atoms with van der Waals surface area (Å²) in [6, 6.07) is 0.0984. The fourth-order valence-electron chi connectivity index (χ4n) is 4.12. The molecule has 3 fully saturated rings. The summed E-state index contributed by atoms with van der Waals surface area (Å²) in [5, 5.41) is 3.35. The monoisotopic (exact) mass is 264 g/mol. The summed E-state index contributed by atoms with van der Waals surface area (Å²) < 4.78 is 0. The van der Waals surface area contributed by atoms with Gasteiger partial charge in [-0.15, -0.1) is 0 Å². The van der Waals surface area contributed by atoms with Crippen LogP contribution in [0.2, 0.25) is 0 Å². The van der Waals surface area contributed by atoms with Crippen molar-refractivity contribution < 1.29 is 9.59 Å². The van der Waals surface area contributed by atoms with Crippen LogP contribution >= 0.6 is 0 Å². The molecule has 1 spiro atoms. The fourth-order valence-corrected chi connectivity index (χ4v) is 4.12. The summed E-state index contributed by atoms with van der Waals surface area (Å²) in [5.74, 6) is 0.179. The summed E-state index contributed by atoms with van der Waals surface area (Å²) in [6.07, 6.45) is 8.96. The van der Waals surface area contributed by atoms with E-state index in [1.54, 1.807) is 4.90 Å². The molecule has 4 nitrogen and oxygen atoms in total. The number of rotatable bonds is 1. The van der Waals surface area contributed by atoms with Gasteiger partial charge < -0.3 is 5.32 Å². The maximum atomic E-state index is 12.5. The smallest absolute Gasteiger partial charge is 0.230 e. The number of hydrogen-bond donors (Lipinski definition) is 1. The van der Waals surface area contributed by atoms with Crippen LogP contribution in [0.3, 0.4) is 0 Å². The first kappa shape index (κ1) is 13.1. The molecule has 2 saturated heterocycles. The van der Waals surface area contributed by atoms with E-state index in [9.17, 15) is 9.59 Å². The van der Waals surface area contributed by atoms with Gasteiger partial charge in [0.15, 0.2) is 0 Å². The van der Waals surface area contributed by atoms with E-state index in [1.165, 1.54) is 12.8 Å². The van der Waals surface area contributed by atoms with E-state index >= 15 is 0 Å². The minimum absolute atomic E-state index is 0.0306. The quantitative estimate of drug-likeness (QED) is 0.735. The predicted molar refractivity (Wildman–Crippen MR) is 72.5 cm³/mol. The Morgan fingerprint density at radius 2 is 1.68 bits per heavy atom. The molecule has 1 N–H and O–H groups in total. The van der Waals surface area contributed by atoms with Crippen molar-refractivity contribution in [2.24, 2.45) is 5.41 Å². The normalized spacial score (nSPS) is 31.8. The Morgan fingerprint density at radius 3 is 2.37 bits per heavy atom. The maximum Gasteiger partial charge on any atom is 0.230 e. The Morgan fingerprint density at radius 1 is 1.00 bits per heavy atom. The molecule has 1 atom stereocenters. The lowest BCUT2D eigenvalue weighted by molar-refractivity contribution is -0.156. The molecular weight excluding hydrogens is 240 g/mol. The number of imide groups is 1. The van der Waals surface area contributed by atoms with E-state index < -0.39 is 0 Å². The van der Waals surface area contributed by atoms with Crippen LogP contribution < -0.4 is 5.32 Å². The van der Waals surface area contributed by atoms with Gasteiger partial charge in [-0.05, 0) is 37.6 Å². The maximum absolute atomic E-state index is 12.5.